The van der Waals surface area contributed by atoms with Gasteiger partial charge in [-0.1, -0.05) is 6.42 Å². The van der Waals surface area contributed by atoms with E-state index in [1.165, 1.54) is 10.9 Å². The van der Waals surface area contributed by atoms with Crippen LogP contribution in [-0.2, 0) is 12.7 Å². The lowest BCUT2D eigenvalue weighted by atomic mass is 9.87. The monoisotopic (exact) mass is 272 g/mol. The molecule has 19 heavy (non-hydrogen) atoms. The molecule has 2 unspecified atom stereocenters. The first kappa shape index (κ1) is 13.9. The van der Waals surface area contributed by atoms with Gasteiger partial charge in [0.2, 0.25) is 0 Å². The molecule has 104 valence electrons. The van der Waals surface area contributed by atoms with Crippen molar-refractivity contribution in [3.8, 4) is 6.07 Å². The lowest BCUT2D eigenvalue weighted by Crippen LogP contribution is -2.42. The number of nitrogens with zero attached hydrogens (tertiary/aromatic N) is 3. The Kier molecular flexibility index (Phi) is 3.54. The van der Waals surface area contributed by atoms with Gasteiger partial charge in [-0.15, -0.1) is 0 Å². The second-order valence-electron chi connectivity index (χ2n) is 4.99. The summed E-state index contributed by atoms with van der Waals surface area (Å²) in [5, 5.41) is 12.5. The van der Waals surface area contributed by atoms with E-state index in [0.29, 0.717) is 19.4 Å². The second kappa shape index (κ2) is 4.85. The number of aromatic nitrogens is 2. The molecule has 0 amide bonds. The van der Waals surface area contributed by atoms with Gasteiger partial charge in [0.1, 0.15) is 5.54 Å². The Hall–Kier alpha value is -1.55. The minimum absolute atomic E-state index is 0.0241. The summed E-state index contributed by atoms with van der Waals surface area (Å²) in [6, 6.07) is 3.08. The van der Waals surface area contributed by atoms with E-state index in [9.17, 15) is 13.2 Å². The van der Waals surface area contributed by atoms with E-state index in [0.717, 1.165) is 18.9 Å². The Morgan fingerprint density at radius 3 is 2.89 bits per heavy atom. The van der Waals surface area contributed by atoms with Gasteiger partial charge >= 0.3 is 6.18 Å². The first-order valence-electron chi connectivity index (χ1n) is 6.16. The van der Waals surface area contributed by atoms with Gasteiger partial charge in [-0.25, -0.2) is 0 Å². The van der Waals surface area contributed by atoms with Crippen molar-refractivity contribution >= 4 is 0 Å². The van der Waals surface area contributed by atoms with Crippen LogP contribution >= 0.6 is 0 Å². The highest BCUT2D eigenvalue weighted by molar-refractivity contribution is 5.12. The van der Waals surface area contributed by atoms with E-state index < -0.39 is 17.4 Å². The number of aryl methyl sites for hydroxylation is 1. The predicted molar refractivity (Wildman–Crippen MR) is 61.7 cm³/mol. The van der Waals surface area contributed by atoms with E-state index in [1.54, 1.807) is 0 Å². The Morgan fingerprint density at radius 2 is 2.32 bits per heavy atom. The molecule has 7 heteroatoms. The Morgan fingerprint density at radius 1 is 1.58 bits per heavy atom. The summed E-state index contributed by atoms with van der Waals surface area (Å²) in [5.41, 5.74) is 4.25. The van der Waals surface area contributed by atoms with Gasteiger partial charge in [-0.3, -0.25) is 4.68 Å². The molecule has 1 heterocycles. The minimum atomic E-state index is -4.41. The molecule has 0 aliphatic heterocycles. The van der Waals surface area contributed by atoms with Crippen LogP contribution in [0.5, 0.6) is 0 Å². The highest BCUT2D eigenvalue weighted by atomic mass is 19.4. The minimum Gasteiger partial charge on any atom is -0.313 e. The maximum absolute atomic E-state index is 12.4. The van der Waals surface area contributed by atoms with Crippen molar-refractivity contribution in [2.75, 3.05) is 0 Å². The van der Waals surface area contributed by atoms with Crippen molar-refractivity contribution in [1.82, 2.24) is 9.78 Å². The normalized spacial score (nSPS) is 27.4. The summed E-state index contributed by atoms with van der Waals surface area (Å²) in [6.45, 7) is 0.349. The number of halogens is 3. The van der Waals surface area contributed by atoms with E-state index in [1.807, 2.05) is 0 Å². The summed E-state index contributed by atoms with van der Waals surface area (Å²) in [4.78, 5) is 0. The zero-order valence-electron chi connectivity index (χ0n) is 10.3. The van der Waals surface area contributed by atoms with Crippen LogP contribution in [0.25, 0.3) is 0 Å². The van der Waals surface area contributed by atoms with E-state index >= 15 is 0 Å². The lowest BCUT2D eigenvalue weighted by Gasteiger charge is -2.23. The molecule has 1 aromatic rings. The van der Waals surface area contributed by atoms with Gasteiger partial charge in [-0.2, -0.15) is 23.5 Å². The largest absolute Gasteiger partial charge is 0.435 e. The average Bonchev–Trinajstić information content (AvgIpc) is 2.93. The van der Waals surface area contributed by atoms with Crippen molar-refractivity contribution in [2.45, 2.75) is 43.9 Å². The van der Waals surface area contributed by atoms with Gasteiger partial charge in [0.25, 0.3) is 0 Å². The fraction of sp³-hybridized carbons (Fsp3) is 0.667. The van der Waals surface area contributed by atoms with Crippen molar-refractivity contribution in [3.63, 3.8) is 0 Å². The van der Waals surface area contributed by atoms with Gasteiger partial charge in [0.05, 0.1) is 6.07 Å². The smallest absolute Gasteiger partial charge is 0.313 e. The summed E-state index contributed by atoms with van der Waals surface area (Å²) in [6.07, 6.45) is -0.144. The molecule has 0 radical (unpaired) electrons. The molecule has 0 saturated heterocycles. The van der Waals surface area contributed by atoms with E-state index in [4.69, 9.17) is 11.0 Å². The van der Waals surface area contributed by atoms with Gasteiger partial charge in [0.15, 0.2) is 5.69 Å². The maximum atomic E-state index is 12.4. The maximum Gasteiger partial charge on any atom is 0.435 e. The Bertz CT molecular complexity index is 488. The third kappa shape index (κ3) is 2.89. The number of nitriles is 1. The van der Waals surface area contributed by atoms with Gasteiger partial charge in [0, 0.05) is 12.7 Å². The van der Waals surface area contributed by atoms with Crippen LogP contribution in [-0.4, -0.2) is 15.3 Å². The first-order valence-corrected chi connectivity index (χ1v) is 6.16. The molecular weight excluding hydrogens is 257 g/mol. The number of alkyl halides is 3. The highest BCUT2D eigenvalue weighted by Gasteiger charge is 2.39. The van der Waals surface area contributed by atoms with Crippen molar-refractivity contribution in [2.24, 2.45) is 11.7 Å². The fourth-order valence-corrected chi connectivity index (χ4v) is 2.58. The molecule has 2 atom stereocenters. The third-order valence-electron chi connectivity index (χ3n) is 3.72. The van der Waals surface area contributed by atoms with Crippen LogP contribution in [0, 0.1) is 17.2 Å². The molecule has 4 nitrogen and oxygen atoms in total. The number of rotatable bonds is 3. The van der Waals surface area contributed by atoms with Crippen molar-refractivity contribution < 1.29 is 13.2 Å². The molecule has 0 spiro atoms. The van der Waals surface area contributed by atoms with Crippen LogP contribution in [0.4, 0.5) is 13.2 Å². The van der Waals surface area contributed by atoms with Crippen LogP contribution < -0.4 is 5.73 Å². The molecule has 0 bridgehead atoms. The standard InChI is InChI=1S/C12H15F3N4/c13-12(14,15)10-4-7-19(18-10)6-3-9-2-1-5-11(9,17)8-16/h4,7,9H,1-3,5-6,17H2. The topological polar surface area (TPSA) is 67.6 Å². The summed E-state index contributed by atoms with van der Waals surface area (Å²) in [5.74, 6) is 0.0241. The summed E-state index contributed by atoms with van der Waals surface area (Å²) < 4.78 is 38.4. The lowest BCUT2D eigenvalue weighted by molar-refractivity contribution is -0.141. The number of nitrogens with two attached hydrogens (primary N) is 1. The van der Waals surface area contributed by atoms with Gasteiger partial charge < -0.3 is 5.73 Å². The molecular formula is C12H15F3N4. The molecule has 2 N–H and O–H groups in total. The molecule has 1 aliphatic rings. The number of hydrogen-bond acceptors (Lipinski definition) is 3. The molecule has 1 aliphatic carbocycles. The van der Waals surface area contributed by atoms with Crippen molar-refractivity contribution in [3.05, 3.63) is 18.0 Å². The number of hydrogen-bond donors (Lipinski definition) is 1. The fourth-order valence-electron chi connectivity index (χ4n) is 2.58. The van der Waals surface area contributed by atoms with E-state index in [-0.39, 0.29) is 5.92 Å². The summed E-state index contributed by atoms with van der Waals surface area (Å²) in [7, 11) is 0. The molecule has 2 rings (SSSR count). The Balaban J connectivity index is 1.96. The molecule has 0 aromatic carbocycles. The van der Waals surface area contributed by atoms with Crippen LogP contribution in [0.1, 0.15) is 31.4 Å². The van der Waals surface area contributed by atoms with Crippen LogP contribution in [0.15, 0.2) is 12.3 Å². The first-order chi connectivity index (χ1) is 8.85. The second-order valence-corrected chi connectivity index (χ2v) is 4.99. The summed E-state index contributed by atoms with van der Waals surface area (Å²) >= 11 is 0. The molecule has 1 saturated carbocycles. The third-order valence-corrected chi connectivity index (χ3v) is 3.72. The van der Waals surface area contributed by atoms with Crippen LogP contribution in [0.2, 0.25) is 0 Å². The highest BCUT2D eigenvalue weighted by Crippen LogP contribution is 2.36. The van der Waals surface area contributed by atoms with Crippen LogP contribution in [0.3, 0.4) is 0 Å². The quantitative estimate of drug-likeness (QED) is 0.918. The van der Waals surface area contributed by atoms with Gasteiger partial charge in [-0.05, 0) is 31.2 Å². The molecule has 1 fully saturated rings. The SMILES string of the molecule is N#CC1(N)CCCC1CCn1ccc(C(F)(F)F)n1. The molecule has 1 aromatic heterocycles. The zero-order chi connectivity index (χ0) is 14.1. The van der Waals surface area contributed by atoms with Crippen molar-refractivity contribution in [1.29, 1.82) is 5.26 Å². The van der Waals surface area contributed by atoms with E-state index in [2.05, 4.69) is 11.2 Å². The Labute approximate surface area is 109 Å². The predicted octanol–water partition coefficient (Wildman–Crippen LogP) is 2.31. The zero-order valence-corrected chi connectivity index (χ0v) is 10.3. The average molecular weight is 272 g/mol.